The van der Waals surface area contributed by atoms with Gasteiger partial charge < -0.3 is 0 Å². The molecule has 3 rings (SSSR count). The van der Waals surface area contributed by atoms with E-state index < -0.39 is 0 Å². The van der Waals surface area contributed by atoms with E-state index in [0.717, 1.165) is 27.7 Å². The van der Waals surface area contributed by atoms with E-state index in [-0.39, 0.29) is 0 Å². The summed E-state index contributed by atoms with van der Waals surface area (Å²) in [6, 6.07) is 20.3. The first-order valence-electron chi connectivity index (χ1n) is 7.07. The van der Waals surface area contributed by atoms with Crippen LogP contribution in [0.4, 0.5) is 0 Å². The van der Waals surface area contributed by atoms with Crippen LogP contribution in [0.25, 0.3) is 22.2 Å². The molecule has 0 bridgehead atoms. The molecule has 0 N–H and O–H groups in total. The van der Waals surface area contributed by atoms with Crippen LogP contribution in [-0.2, 0) is 16.4 Å². The Balaban J connectivity index is 2.06. The van der Waals surface area contributed by atoms with Gasteiger partial charge in [0, 0.05) is 10.9 Å². The molecule has 2 aromatic carbocycles. The summed E-state index contributed by atoms with van der Waals surface area (Å²) in [7, 11) is 0. The van der Waals surface area contributed by atoms with Gasteiger partial charge in [0.25, 0.3) is 0 Å². The zero-order valence-electron chi connectivity index (χ0n) is 12.0. The van der Waals surface area contributed by atoms with Gasteiger partial charge in [0.05, 0.1) is 17.8 Å². The Kier molecular flexibility index (Phi) is 4.24. The quantitative estimate of drug-likeness (QED) is 0.395. The molecule has 1 aromatic heterocycles. The van der Waals surface area contributed by atoms with E-state index in [4.69, 9.17) is 14.8 Å². The normalized spacial score (nSPS) is 10.9. The fourth-order valence-corrected chi connectivity index (χ4v) is 2.31. The lowest BCUT2D eigenvalue weighted by Crippen LogP contribution is -1.98. The minimum Gasteiger partial charge on any atom is -0.248 e. The third-order valence-corrected chi connectivity index (χ3v) is 3.29. The standard InChI is InChI=1S/C18H17NO2/c1-2-20-21-13-15-12-18(14-8-4-3-5-9-14)19-17-11-7-6-10-16(15)17/h3-12H,2,13H2,1H3. The van der Waals surface area contributed by atoms with Crippen molar-refractivity contribution in [2.75, 3.05) is 6.61 Å². The summed E-state index contributed by atoms with van der Waals surface area (Å²) in [4.78, 5) is 15.0. The minimum atomic E-state index is 0.413. The summed E-state index contributed by atoms with van der Waals surface area (Å²) in [5, 5.41) is 1.09. The summed E-state index contributed by atoms with van der Waals surface area (Å²) in [6.07, 6.45) is 0. The fourth-order valence-electron chi connectivity index (χ4n) is 2.31. The number of rotatable bonds is 5. The van der Waals surface area contributed by atoms with Crippen molar-refractivity contribution in [3.05, 3.63) is 66.2 Å². The van der Waals surface area contributed by atoms with Gasteiger partial charge in [-0.3, -0.25) is 0 Å². The summed E-state index contributed by atoms with van der Waals surface area (Å²) in [6.45, 7) is 2.85. The maximum absolute atomic E-state index is 5.24. The van der Waals surface area contributed by atoms with Crippen LogP contribution in [0.15, 0.2) is 60.7 Å². The second kappa shape index (κ2) is 6.48. The van der Waals surface area contributed by atoms with E-state index in [9.17, 15) is 0 Å². The van der Waals surface area contributed by atoms with E-state index in [1.807, 2.05) is 43.3 Å². The second-order valence-corrected chi connectivity index (χ2v) is 4.72. The third-order valence-electron chi connectivity index (χ3n) is 3.29. The lowest BCUT2D eigenvalue weighted by molar-refractivity contribution is -0.300. The molecule has 3 heteroatoms. The molecule has 0 unspecified atom stereocenters. The van der Waals surface area contributed by atoms with Crippen LogP contribution in [0.3, 0.4) is 0 Å². The summed E-state index contributed by atoms with van der Waals surface area (Å²) < 4.78 is 0. The average Bonchev–Trinajstić information content (AvgIpc) is 2.55. The Hall–Kier alpha value is -2.23. The number of fused-ring (bicyclic) bond motifs is 1. The predicted molar refractivity (Wildman–Crippen MR) is 83.6 cm³/mol. The number of hydrogen-bond donors (Lipinski definition) is 0. The molecule has 3 aromatic rings. The summed E-state index contributed by atoms with van der Waals surface area (Å²) >= 11 is 0. The number of hydrogen-bond acceptors (Lipinski definition) is 3. The number of aromatic nitrogens is 1. The maximum Gasteiger partial charge on any atom is 0.108 e. The first-order chi connectivity index (χ1) is 10.4. The fraction of sp³-hybridized carbons (Fsp3) is 0.167. The second-order valence-electron chi connectivity index (χ2n) is 4.72. The van der Waals surface area contributed by atoms with Crippen molar-refractivity contribution >= 4 is 10.9 Å². The molecular weight excluding hydrogens is 262 g/mol. The van der Waals surface area contributed by atoms with E-state index in [1.165, 1.54) is 0 Å². The number of para-hydroxylation sites is 1. The van der Waals surface area contributed by atoms with Gasteiger partial charge >= 0.3 is 0 Å². The Bertz CT molecular complexity index is 726. The van der Waals surface area contributed by atoms with Crippen molar-refractivity contribution in [3.8, 4) is 11.3 Å². The minimum absolute atomic E-state index is 0.413. The lowest BCUT2D eigenvalue weighted by atomic mass is 10.0. The molecular formula is C18H17NO2. The Labute approximate surface area is 124 Å². The zero-order chi connectivity index (χ0) is 14.5. The first-order valence-corrected chi connectivity index (χ1v) is 7.07. The molecule has 0 atom stereocenters. The molecule has 3 nitrogen and oxygen atoms in total. The Morgan fingerprint density at radius 1 is 0.905 bits per heavy atom. The van der Waals surface area contributed by atoms with E-state index in [2.05, 4.69) is 24.3 Å². The molecule has 0 aliphatic carbocycles. The lowest BCUT2D eigenvalue weighted by Gasteiger charge is -2.09. The number of nitrogens with zero attached hydrogens (tertiary/aromatic N) is 1. The van der Waals surface area contributed by atoms with Crippen LogP contribution in [-0.4, -0.2) is 11.6 Å². The van der Waals surface area contributed by atoms with Crippen molar-refractivity contribution in [1.82, 2.24) is 4.98 Å². The van der Waals surface area contributed by atoms with Gasteiger partial charge in [0.2, 0.25) is 0 Å². The van der Waals surface area contributed by atoms with Gasteiger partial charge in [0.15, 0.2) is 0 Å². The average molecular weight is 279 g/mol. The van der Waals surface area contributed by atoms with Gasteiger partial charge in [-0.15, -0.1) is 0 Å². The molecule has 0 saturated heterocycles. The van der Waals surface area contributed by atoms with Crippen molar-refractivity contribution < 1.29 is 9.78 Å². The first kappa shape index (κ1) is 13.7. The molecule has 1 heterocycles. The van der Waals surface area contributed by atoms with Crippen LogP contribution in [0.2, 0.25) is 0 Å². The van der Waals surface area contributed by atoms with Gasteiger partial charge in [-0.2, -0.15) is 0 Å². The zero-order valence-corrected chi connectivity index (χ0v) is 12.0. The van der Waals surface area contributed by atoms with E-state index >= 15 is 0 Å². The van der Waals surface area contributed by atoms with Crippen molar-refractivity contribution in [2.24, 2.45) is 0 Å². The highest BCUT2D eigenvalue weighted by atomic mass is 17.2. The highest BCUT2D eigenvalue weighted by molar-refractivity contribution is 5.85. The van der Waals surface area contributed by atoms with Crippen LogP contribution < -0.4 is 0 Å². The van der Waals surface area contributed by atoms with Crippen LogP contribution in [0, 0.1) is 0 Å². The topological polar surface area (TPSA) is 31.4 Å². The van der Waals surface area contributed by atoms with E-state index in [0.29, 0.717) is 13.2 Å². The largest absolute Gasteiger partial charge is 0.248 e. The maximum atomic E-state index is 5.24. The van der Waals surface area contributed by atoms with Gasteiger partial charge in [-0.25, -0.2) is 14.8 Å². The highest BCUT2D eigenvalue weighted by Crippen LogP contribution is 2.25. The summed E-state index contributed by atoms with van der Waals surface area (Å²) in [5.41, 5.74) is 4.09. The molecule has 0 aliphatic heterocycles. The molecule has 21 heavy (non-hydrogen) atoms. The van der Waals surface area contributed by atoms with Gasteiger partial charge in [-0.1, -0.05) is 48.5 Å². The monoisotopic (exact) mass is 279 g/mol. The van der Waals surface area contributed by atoms with Crippen molar-refractivity contribution in [3.63, 3.8) is 0 Å². The van der Waals surface area contributed by atoms with Crippen molar-refractivity contribution in [2.45, 2.75) is 13.5 Å². The molecule has 0 aliphatic rings. The molecule has 0 radical (unpaired) electrons. The third kappa shape index (κ3) is 3.10. The SMILES string of the molecule is CCOOCc1cc(-c2ccccc2)nc2ccccc12. The smallest absolute Gasteiger partial charge is 0.108 e. The number of pyridine rings is 1. The Morgan fingerprint density at radius 2 is 1.67 bits per heavy atom. The van der Waals surface area contributed by atoms with Crippen molar-refractivity contribution in [1.29, 1.82) is 0 Å². The molecule has 0 saturated carbocycles. The van der Waals surface area contributed by atoms with Crippen LogP contribution >= 0.6 is 0 Å². The molecule has 0 fully saturated rings. The molecule has 106 valence electrons. The van der Waals surface area contributed by atoms with Crippen LogP contribution in [0.1, 0.15) is 12.5 Å². The number of benzene rings is 2. The predicted octanol–water partition coefficient (Wildman–Crippen LogP) is 4.37. The van der Waals surface area contributed by atoms with E-state index in [1.54, 1.807) is 0 Å². The molecule has 0 amide bonds. The van der Waals surface area contributed by atoms with Crippen LogP contribution in [0.5, 0.6) is 0 Å². The van der Waals surface area contributed by atoms with Gasteiger partial charge in [0.1, 0.15) is 6.61 Å². The van der Waals surface area contributed by atoms with Gasteiger partial charge in [-0.05, 0) is 24.6 Å². The molecule has 0 spiro atoms. The Morgan fingerprint density at radius 3 is 2.48 bits per heavy atom. The highest BCUT2D eigenvalue weighted by Gasteiger charge is 2.07. The summed E-state index contributed by atoms with van der Waals surface area (Å²) in [5.74, 6) is 0.